The number of quaternary nitrogens is 1. The number of rotatable bonds is 12. The Morgan fingerprint density at radius 1 is 1.05 bits per heavy atom. The molecule has 0 bridgehead atoms. The number of likely N-dealkylation sites (N-methyl/N-ethyl adjacent to an activating group) is 1. The number of fused-ring (bicyclic) bond motifs is 1. The second-order valence-corrected chi connectivity index (χ2v) is 11.3. The van der Waals surface area contributed by atoms with Crippen molar-refractivity contribution in [3.05, 3.63) is 118 Å². The Bertz CT molecular complexity index is 1690. The first-order valence-electron chi connectivity index (χ1n) is 14.0. The van der Waals surface area contributed by atoms with Crippen LogP contribution in [0.2, 0.25) is 0 Å². The number of allylic oxidation sites excluding steroid dienone is 5. The third kappa shape index (κ3) is 7.60. The van der Waals surface area contributed by atoms with Gasteiger partial charge in [0.05, 0.1) is 56.8 Å². The molecule has 0 atom stereocenters. The number of aliphatic hydroxyl groups is 2. The summed E-state index contributed by atoms with van der Waals surface area (Å²) >= 11 is 3.38. The first-order chi connectivity index (χ1) is 21.4. The number of pyridine rings is 1. The quantitative estimate of drug-likeness (QED) is 0.112. The van der Waals surface area contributed by atoms with Crippen LogP contribution < -0.4 is 9.64 Å². The summed E-state index contributed by atoms with van der Waals surface area (Å²) in [6.07, 6.45) is 7.06. The number of aliphatic hydroxyl groups excluding tert-OH is 2. The van der Waals surface area contributed by atoms with Crippen molar-refractivity contribution in [2.45, 2.75) is 6.42 Å². The molecule has 3 aromatic rings. The van der Waals surface area contributed by atoms with Crippen LogP contribution in [0.1, 0.15) is 12.0 Å². The number of hydrogen-bond acceptors (Lipinski definition) is 7. The molecule has 2 N–H and O–H groups in total. The van der Waals surface area contributed by atoms with E-state index in [9.17, 15) is 20.7 Å². The van der Waals surface area contributed by atoms with Crippen molar-refractivity contribution >= 4 is 27.2 Å². The fourth-order valence-electron chi connectivity index (χ4n) is 5.13. The van der Waals surface area contributed by atoms with Gasteiger partial charge in [-0.1, -0.05) is 36.4 Å². The summed E-state index contributed by atoms with van der Waals surface area (Å²) in [7, 11) is 2.02. The Hall–Kier alpha value is -4.76. The highest BCUT2D eigenvalue weighted by atomic mass is 79.9. The fraction of sp³-hybridized carbons (Fsp3) is 0.235. The average Bonchev–Trinajstić information content (AvgIpc) is 3.38. The highest BCUT2D eigenvalue weighted by molar-refractivity contribution is 9.10. The molecule has 0 amide bonds. The van der Waals surface area contributed by atoms with E-state index in [0.29, 0.717) is 45.8 Å². The van der Waals surface area contributed by atoms with Crippen LogP contribution in [0.3, 0.4) is 0 Å². The third-order valence-corrected chi connectivity index (χ3v) is 7.86. The lowest BCUT2D eigenvalue weighted by atomic mass is 9.97. The van der Waals surface area contributed by atoms with E-state index in [-0.39, 0.29) is 30.1 Å². The van der Waals surface area contributed by atoms with Gasteiger partial charge in [-0.25, -0.2) is 10.1 Å². The molecule has 1 aromatic heterocycles. The number of nitriles is 2. The molecule has 0 spiro atoms. The summed E-state index contributed by atoms with van der Waals surface area (Å²) in [5.41, 5.74) is 3.50. The molecule has 4 rings (SSSR count). The van der Waals surface area contributed by atoms with Crippen molar-refractivity contribution in [3.63, 3.8) is 0 Å². The minimum absolute atomic E-state index is 0.0259. The van der Waals surface area contributed by atoms with Gasteiger partial charge in [0.25, 0.3) is 5.70 Å². The summed E-state index contributed by atoms with van der Waals surface area (Å²) in [6, 6.07) is 21.8. The fourth-order valence-corrected chi connectivity index (χ4v) is 5.50. The van der Waals surface area contributed by atoms with Crippen molar-refractivity contribution in [1.29, 1.82) is 10.5 Å². The predicted molar refractivity (Wildman–Crippen MR) is 172 cm³/mol. The summed E-state index contributed by atoms with van der Waals surface area (Å²) < 4.78 is 7.46. The van der Waals surface area contributed by atoms with Gasteiger partial charge < -0.3 is 24.3 Å². The molecule has 0 saturated heterocycles. The molecule has 9 nitrogen and oxygen atoms in total. The normalized spacial score (nSPS) is 14.2. The molecule has 0 saturated carbocycles. The van der Waals surface area contributed by atoms with Gasteiger partial charge in [-0.15, -0.1) is 0 Å². The van der Waals surface area contributed by atoms with Gasteiger partial charge in [-0.2, -0.15) is 5.26 Å². The maximum atomic E-state index is 10.2. The molecule has 44 heavy (non-hydrogen) atoms. The van der Waals surface area contributed by atoms with E-state index in [2.05, 4.69) is 37.9 Å². The van der Waals surface area contributed by atoms with Crippen molar-refractivity contribution in [3.8, 4) is 29.0 Å². The molecule has 2 aromatic carbocycles. The monoisotopic (exact) mass is 651 g/mol. The summed E-state index contributed by atoms with van der Waals surface area (Å²) in [5, 5.41) is 39.0. The number of hydrogen-bond donors (Lipinski definition) is 2. The number of nitrogens with zero attached hydrogens (tertiary/aromatic N) is 6. The lowest BCUT2D eigenvalue weighted by Crippen LogP contribution is -2.49. The number of aromatic nitrogens is 1. The SMILES string of the molecule is [C-]#[N+]\C(C#N)=C(/C(C#N)=C/C=C1\Oc2ccc(-c3ccccc3)cc2N1CCC[N+](C)(CCO)CCO)c1cncc(Br)c1. The molecular formula is C34H32BrN6O3+. The van der Waals surface area contributed by atoms with Gasteiger partial charge in [0.15, 0.2) is 5.75 Å². The molecule has 0 unspecified atom stereocenters. The summed E-state index contributed by atoms with van der Waals surface area (Å²) in [5.74, 6) is 1.15. The Balaban J connectivity index is 1.75. The molecule has 0 radical (unpaired) electrons. The van der Waals surface area contributed by atoms with Crippen molar-refractivity contribution < 1.29 is 19.4 Å². The topological polar surface area (TPSA) is 118 Å². The van der Waals surface area contributed by atoms with Gasteiger partial charge in [0.2, 0.25) is 5.88 Å². The first-order valence-corrected chi connectivity index (χ1v) is 14.8. The number of halogens is 1. The van der Waals surface area contributed by atoms with Crippen LogP contribution in [0.15, 0.2) is 101 Å². The van der Waals surface area contributed by atoms with E-state index in [1.807, 2.05) is 60.5 Å². The van der Waals surface area contributed by atoms with E-state index in [1.54, 1.807) is 24.4 Å². The number of benzene rings is 2. The summed E-state index contributed by atoms with van der Waals surface area (Å²) in [6.45, 7) is 9.96. The highest BCUT2D eigenvalue weighted by Crippen LogP contribution is 2.42. The number of anilines is 1. The van der Waals surface area contributed by atoms with Crippen LogP contribution >= 0.6 is 15.9 Å². The number of ether oxygens (including phenoxy) is 1. The lowest BCUT2D eigenvalue weighted by molar-refractivity contribution is -0.910. The minimum atomic E-state index is -0.221. The van der Waals surface area contributed by atoms with E-state index < -0.39 is 0 Å². The Morgan fingerprint density at radius 3 is 2.43 bits per heavy atom. The third-order valence-electron chi connectivity index (χ3n) is 7.43. The van der Waals surface area contributed by atoms with E-state index >= 15 is 0 Å². The van der Waals surface area contributed by atoms with Crippen LogP contribution in [-0.4, -0.2) is 66.1 Å². The lowest BCUT2D eigenvalue weighted by Gasteiger charge is -2.34. The van der Waals surface area contributed by atoms with Crippen molar-refractivity contribution in [1.82, 2.24) is 4.98 Å². The second kappa shape index (κ2) is 15.1. The molecule has 0 aliphatic carbocycles. The predicted octanol–water partition coefficient (Wildman–Crippen LogP) is 5.68. The molecular weight excluding hydrogens is 620 g/mol. The molecule has 1 aliphatic heterocycles. The molecule has 10 heteroatoms. The first kappa shape index (κ1) is 32.2. The maximum Gasteiger partial charge on any atom is 0.270 e. The Morgan fingerprint density at radius 2 is 1.80 bits per heavy atom. The standard InChI is InChI=1S/C34H32BrN6O3/c1-38-30(22-37)34(28-19-29(35)24-39-23-28)27(21-36)10-12-33-40(13-6-14-41(2,15-17-42)16-18-43)31-20-26(9-11-32(31)44-33)25-7-4-3-5-8-25/h3-5,7-12,19-20,23-24,42-43H,6,13-18H2,2H3/q+1/b27-10+,33-12-,34-30+. The van der Waals surface area contributed by atoms with Crippen LogP contribution in [-0.2, 0) is 0 Å². The van der Waals surface area contributed by atoms with Crippen LogP contribution in [0.4, 0.5) is 5.69 Å². The Labute approximate surface area is 266 Å². The largest absolute Gasteiger partial charge is 0.439 e. The molecule has 222 valence electrons. The Kier molecular flexibility index (Phi) is 11.0. The van der Waals surface area contributed by atoms with Gasteiger partial charge in [0, 0.05) is 41.5 Å². The van der Waals surface area contributed by atoms with Crippen LogP contribution in [0.25, 0.3) is 21.5 Å². The zero-order valence-corrected chi connectivity index (χ0v) is 25.9. The van der Waals surface area contributed by atoms with Gasteiger partial charge in [-0.3, -0.25) is 4.98 Å². The van der Waals surface area contributed by atoms with Crippen LogP contribution in [0.5, 0.6) is 5.75 Å². The van der Waals surface area contributed by atoms with Crippen molar-refractivity contribution in [2.24, 2.45) is 0 Å². The van der Waals surface area contributed by atoms with Crippen LogP contribution in [0, 0.1) is 29.2 Å². The van der Waals surface area contributed by atoms with Gasteiger partial charge >= 0.3 is 0 Å². The maximum absolute atomic E-state index is 10.2. The highest BCUT2D eigenvalue weighted by Gasteiger charge is 2.28. The second-order valence-electron chi connectivity index (χ2n) is 10.4. The molecule has 0 fully saturated rings. The van der Waals surface area contributed by atoms with Gasteiger partial charge in [0.1, 0.15) is 13.1 Å². The van der Waals surface area contributed by atoms with E-state index in [4.69, 9.17) is 11.3 Å². The zero-order chi connectivity index (χ0) is 31.5. The minimum Gasteiger partial charge on any atom is -0.439 e. The average molecular weight is 653 g/mol. The van der Waals surface area contributed by atoms with E-state index in [1.165, 1.54) is 6.20 Å². The van der Waals surface area contributed by atoms with Gasteiger partial charge in [-0.05, 0) is 56.9 Å². The smallest absolute Gasteiger partial charge is 0.270 e. The molecule has 1 aliphatic rings. The molecule has 2 heterocycles. The zero-order valence-electron chi connectivity index (χ0n) is 24.3. The van der Waals surface area contributed by atoms with Crippen molar-refractivity contribution in [2.75, 3.05) is 51.3 Å². The van der Waals surface area contributed by atoms with E-state index in [0.717, 1.165) is 29.8 Å². The summed E-state index contributed by atoms with van der Waals surface area (Å²) in [4.78, 5) is 9.57.